The van der Waals surface area contributed by atoms with Crippen LogP contribution in [0, 0.1) is 16.7 Å². The van der Waals surface area contributed by atoms with Gasteiger partial charge in [-0.3, -0.25) is 4.79 Å². The van der Waals surface area contributed by atoms with Crippen LogP contribution in [0.5, 0.6) is 0 Å². The van der Waals surface area contributed by atoms with E-state index in [0.717, 1.165) is 12.8 Å². The number of hydrogen-bond donors (Lipinski definition) is 1. The number of rotatable bonds is 3. The maximum Gasteiger partial charge on any atom is 0.327 e. The molecule has 0 spiro atoms. The number of carbonyl (C=O) groups excluding carboxylic acids is 1. The summed E-state index contributed by atoms with van der Waals surface area (Å²) in [6.07, 6.45) is 2.30. The molecule has 0 saturated heterocycles. The number of alkyl halides is 1. The first-order valence-electron chi connectivity index (χ1n) is 6.76. The number of carbonyl (C=O) groups is 1. The third-order valence-corrected chi connectivity index (χ3v) is 7.80. The number of halogens is 4. The zero-order chi connectivity index (χ0) is 16.2. The van der Waals surface area contributed by atoms with Gasteiger partial charge in [0.05, 0.1) is 5.03 Å². The Hall–Kier alpha value is 0.520. The summed E-state index contributed by atoms with van der Waals surface area (Å²) >= 11 is 20.1. The lowest BCUT2D eigenvalue weighted by Gasteiger charge is -2.44. The van der Waals surface area contributed by atoms with Crippen molar-refractivity contribution in [1.82, 2.24) is 0 Å². The van der Waals surface area contributed by atoms with Crippen LogP contribution in [0.3, 0.4) is 0 Å². The lowest BCUT2D eigenvalue weighted by molar-refractivity contribution is -0.260. The minimum atomic E-state index is -1.49. The second kappa shape index (κ2) is 5.55. The molecule has 2 saturated carbocycles. The van der Waals surface area contributed by atoms with Crippen molar-refractivity contribution in [3.63, 3.8) is 0 Å². The Kier molecular flexibility index (Phi) is 4.73. The van der Waals surface area contributed by atoms with Gasteiger partial charge in [0.1, 0.15) is 9.32 Å². The minimum Gasteiger partial charge on any atom is -0.432 e. The summed E-state index contributed by atoms with van der Waals surface area (Å²) in [5.41, 5.74) is -0.568. The van der Waals surface area contributed by atoms with Gasteiger partial charge < -0.3 is 9.84 Å². The van der Waals surface area contributed by atoms with Crippen LogP contribution in [0.4, 0.5) is 0 Å². The maximum absolute atomic E-state index is 12.2. The molecule has 0 aromatic carbocycles. The highest BCUT2D eigenvalue weighted by Gasteiger charge is 2.70. The largest absolute Gasteiger partial charge is 0.432 e. The molecule has 4 unspecified atom stereocenters. The summed E-state index contributed by atoms with van der Waals surface area (Å²) in [4.78, 5) is 11.2. The molecule has 2 aliphatic rings. The van der Waals surface area contributed by atoms with Gasteiger partial charge in [-0.25, -0.2) is 0 Å². The van der Waals surface area contributed by atoms with Crippen LogP contribution in [0.15, 0.2) is 9.52 Å². The van der Waals surface area contributed by atoms with E-state index in [1.165, 1.54) is 0 Å². The van der Waals surface area contributed by atoms with Crippen LogP contribution in [-0.2, 0) is 9.53 Å². The molecule has 2 rings (SSSR count). The van der Waals surface area contributed by atoms with Crippen molar-refractivity contribution in [2.45, 2.75) is 50.6 Å². The summed E-state index contributed by atoms with van der Waals surface area (Å²) in [7, 11) is 0. The summed E-state index contributed by atoms with van der Waals surface area (Å²) in [5, 5.41) is 10.9. The van der Waals surface area contributed by atoms with Gasteiger partial charge in [0.2, 0.25) is 5.79 Å². The average Bonchev–Trinajstić information content (AvgIpc) is 2.68. The Balaban J connectivity index is 2.21. The molecular weight excluding hydrogens is 402 g/mol. The molecule has 0 amide bonds. The second-order valence-electron chi connectivity index (χ2n) is 6.67. The Labute approximate surface area is 148 Å². The van der Waals surface area contributed by atoms with Crippen LogP contribution in [-0.4, -0.2) is 21.7 Å². The molecule has 3 nitrogen and oxygen atoms in total. The van der Waals surface area contributed by atoms with Crippen LogP contribution in [0.1, 0.15) is 40.0 Å². The number of fused-ring (bicyclic) bond motifs is 2. The molecule has 2 fully saturated rings. The number of esters is 1. The highest BCUT2D eigenvalue weighted by Crippen LogP contribution is 2.69. The van der Waals surface area contributed by atoms with Gasteiger partial charge in [0.15, 0.2) is 0 Å². The van der Waals surface area contributed by atoms with Crippen LogP contribution < -0.4 is 0 Å². The van der Waals surface area contributed by atoms with Gasteiger partial charge >= 0.3 is 5.97 Å². The van der Waals surface area contributed by atoms with Gasteiger partial charge in [-0.05, 0) is 24.2 Å². The first-order chi connectivity index (χ1) is 9.46. The van der Waals surface area contributed by atoms with E-state index in [1.807, 2.05) is 6.92 Å². The molecular formula is C14H18BrCl3O3. The molecule has 1 N–H and O–H groups in total. The fourth-order valence-electron chi connectivity index (χ4n) is 3.78. The highest BCUT2D eigenvalue weighted by molar-refractivity contribution is 9.10. The van der Waals surface area contributed by atoms with Gasteiger partial charge in [-0.1, -0.05) is 71.5 Å². The molecule has 0 radical (unpaired) electrons. The predicted octanol–water partition coefficient (Wildman–Crippen LogP) is 4.71. The molecule has 0 aliphatic heterocycles. The molecule has 0 aromatic rings. The molecule has 2 aliphatic carbocycles. The van der Waals surface area contributed by atoms with E-state index in [-0.39, 0.29) is 14.9 Å². The highest BCUT2D eigenvalue weighted by atomic mass is 79.9. The van der Waals surface area contributed by atoms with E-state index in [9.17, 15) is 9.90 Å². The Morgan fingerprint density at radius 3 is 2.29 bits per heavy atom. The third-order valence-electron chi connectivity index (χ3n) is 5.70. The SMILES string of the molecule is CC1(C)C2CCC1(C)C(O)(OC(=O)C(Br)C(Cl)=C(Cl)Cl)C2. The van der Waals surface area contributed by atoms with E-state index < -0.39 is 22.0 Å². The zero-order valence-corrected chi connectivity index (χ0v) is 15.9. The molecule has 21 heavy (non-hydrogen) atoms. The average molecular weight is 421 g/mol. The van der Waals surface area contributed by atoms with E-state index in [4.69, 9.17) is 39.5 Å². The molecule has 120 valence electrons. The van der Waals surface area contributed by atoms with Crippen molar-refractivity contribution in [3.8, 4) is 0 Å². The summed E-state index contributed by atoms with van der Waals surface area (Å²) in [5.74, 6) is -1.85. The van der Waals surface area contributed by atoms with E-state index >= 15 is 0 Å². The Morgan fingerprint density at radius 1 is 1.33 bits per heavy atom. The lowest BCUT2D eigenvalue weighted by atomic mass is 9.68. The smallest absolute Gasteiger partial charge is 0.327 e. The van der Waals surface area contributed by atoms with Crippen molar-refractivity contribution in [3.05, 3.63) is 9.52 Å². The number of hydrogen-bond acceptors (Lipinski definition) is 3. The number of aliphatic hydroxyl groups is 1. The summed E-state index contributed by atoms with van der Waals surface area (Å²) in [6.45, 7) is 6.21. The van der Waals surface area contributed by atoms with Crippen molar-refractivity contribution in [2.24, 2.45) is 16.7 Å². The quantitative estimate of drug-likeness (QED) is 0.408. The van der Waals surface area contributed by atoms with Crippen LogP contribution in [0.2, 0.25) is 0 Å². The first-order valence-corrected chi connectivity index (χ1v) is 8.81. The monoisotopic (exact) mass is 418 g/mol. The van der Waals surface area contributed by atoms with Crippen LogP contribution >= 0.6 is 50.7 Å². The fourth-order valence-corrected chi connectivity index (χ4v) is 4.68. The molecule has 2 bridgehead atoms. The van der Waals surface area contributed by atoms with E-state index in [2.05, 4.69) is 29.8 Å². The fraction of sp³-hybridized carbons (Fsp3) is 0.786. The number of ether oxygens (including phenoxy) is 1. The summed E-state index contributed by atoms with van der Waals surface area (Å²) in [6, 6.07) is 0. The normalized spacial score (nSPS) is 38.2. The third kappa shape index (κ3) is 2.55. The summed E-state index contributed by atoms with van der Waals surface area (Å²) < 4.78 is 5.23. The first kappa shape index (κ1) is 17.9. The Morgan fingerprint density at radius 2 is 1.90 bits per heavy atom. The van der Waals surface area contributed by atoms with E-state index in [1.54, 1.807) is 0 Å². The molecule has 0 aromatic heterocycles. The van der Waals surface area contributed by atoms with Crippen molar-refractivity contribution >= 4 is 56.7 Å². The Bertz CT molecular complexity index is 504. The van der Waals surface area contributed by atoms with E-state index in [0.29, 0.717) is 12.3 Å². The second-order valence-corrected chi connectivity index (χ2v) is 8.94. The maximum atomic E-state index is 12.2. The zero-order valence-electron chi connectivity index (χ0n) is 12.1. The minimum absolute atomic E-state index is 0.0560. The van der Waals surface area contributed by atoms with Gasteiger partial charge in [-0.2, -0.15) is 0 Å². The topological polar surface area (TPSA) is 46.5 Å². The van der Waals surface area contributed by atoms with Crippen molar-refractivity contribution < 1.29 is 14.6 Å². The molecule has 4 atom stereocenters. The van der Waals surface area contributed by atoms with Gasteiger partial charge in [0, 0.05) is 11.8 Å². The molecule has 7 heteroatoms. The lowest BCUT2D eigenvalue weighted by Crippen LogP contribution is -2.51. The standard InChI is InChI=1S/C14H18BrCl3O3/c1-12(2)7-4-5-13(12,3)14(20,6-7)21-11(19)8(15)9(16)10(17)18/h7-8,20H,4-6H2,1-3H3. The van der Waals surface area contributed by atoms with Gasteiger partial charge in [-0.15, -0.1) is 0 Å². The predicted molar refractivity (Wildman–Crippen MR) is 87.6 cm³/mol. The van der Waals surface area contributed by atoms with Crippen molar-refractivity contribution in [2.75, 3.05) is 0 Å². The van der Waals surface area contributed by atoms with Crippen molar-refractivity contribution in [1.29, 1.82) is 0 Å². The molecule has 0 heterocycles. The van der Waals surface area contributed by atoms with Crippen LogP contribution in [0.25, 0.3) is 0 Å². The van der Waals surface area contributed by atoms with Gasteiger partial charge in [0.25, 0.3) is 0 Å².